The Kier molecular flexibility index (Phi) is 6.28. The Morgan fingerprint density at radius 2 is 0.870 bits per heavy atom. The fourth-order valence-electron chi connectivity index (χ4n) is 9.00. The average molecular weight is 703 g/mol. The molecule has 0 aliphatic carbocycles. The van der Waals surface area contributed by atoms with E-state index in [9.17, 15) is 0 Å². The van der Waals surface area contributed by atoms with Crippen molar-refractivity contribution in [1.82, 2.24) is 0 Å². The van der Waals surface area contributed by atoms with Gasteiger partial charge in [0.15, 0.2) is 0 Å². The highest BCUT2D eigenvalue weighted by molar-refractivity contribution is 7.27. The van der Waals surface area contributed by atoms with E-state index < -0.39 is 0 Å². The maximum atomic E-state index is 6.54. The van der Waals surface area contributed by atoms with E-state index in [2.05, 4.69) is 182 Å². The monoisotopic (exact) mass is 702 g/mol. The molecule has 12 rings (SSSR count). The van der Waals surface area contributed by atoms with Crippen molar-refractivity contribution in [3.8, 4) is 33.4 Å². The van der Waals surface area contributed by atoms with Crippen molar-refractivity contribution in [2.45, 2.75) is 0 Å². The molecule has 0 aliphatic rings. The second-order valence-corrected chi connectivity index (χ2v) is 15.4. The number of para-hydroxylation sites is 1. The van der Waals surface area contributed by atoms with Gasteiger partial charge in [-0.2, -0.15) is 0 Å². The molecular formula is C52H30OS. The van der Waals surface area contributed by atoms with Gasteiger partial charge >= 0.3 is 0 Å². The molecule has 0 bridgehead atoms. The molecule has 0 radical (unpaired) electrons. The van der Waals surface area contributed by atoms with Gasteiger partial charge in [0, 0.05) is 41.7 Å². The molecule has 2 heteroatoms. The van der Waals surface area contributed by atoms with Gasteiger partial charge < -0.3 is 4.42 Å². The van der Waals surface area contributed by atoms with Crippen molar-refractivity contribution in [1.29, 1.82) is 0 Å². The molecule has 0 aliphatic heterocycles. The van der Waals surface area contributed by atoms with Gasteiger partial charge in [0.25, 0.3) is 0 Å². The lowest BCUT2D eigenvalue weighted by Crippen LogP contribution is -1.91. The number of rotatable bonds is 3. The molecule has 2 heterocycles. The Balaban J connectivity index is 1.02. The normalized spacial score (nSPS) is 12.1. The third-order valence-electron chi connectivity index (χ3n) is 11.4. The van der Waals surface area contributed by atoms with Crippen molar-refractivity contribution in [2.75, 3.05) is 0 Å². The van der Waals surface area contributed by atoms with Gasteiger partial charge in [-0.3, -0.25) is 0 Å². The van der Waals surface area contributed by atoms with Crippen LogP contribution in [0.5, 0.6) is 0 Å². The summed E-state index contributed by atoms with van der Waals surface area (Å²) in [4.78, 5) is 0. The summed E-state index contributed by atoms with van der Waals surface area (Å²) in [6, 6.07) is 66.6. The van der Waals surface area contributed by atoms with E-state index in [0.29, 0.717) is 0 Å². The molecule has 0 fully saturated rings. The first-order valence-electron chi connectivity index (χ1n) is 18.5. The van der Waals surface area contributed by atoms with E-state index in [-0.39, 0.29) is 0 Å². The fraction of sp³-hybridized carbons (Fsp3) is 0. The molecule has 0 unspecified atom stereocenters. The summed E-state index contributed by atoms with van der Waals surface area (Å²) >= 11 is 1.89. The van der Waals surface area contributed by atoms with Crippen molar-refractivity contribution >= 4 is 96.5 Å². The summed E-state index contributed by atoms with van der Waals surface area (Å²) in [6.45, 7) is 0. The van der Waals surface area contributed by atoms with Crippen LogP contribution in [0.2, 0.25) is 0 Å². The summed E-state index contributed by atoms with van der Waals surface area (Å²) in [5.74, 6) is 0. The van der Waals surface area contributed by atoms with Crippen LogP contribution in [0.3, 0.4) is 0 Å². The first kappa shape index (κ1) is 29.8. The third-order valence-corrected chi connectivity index (χ3v) is 12.6. The van der Waals surface area contributed by atoms with E-state index in [0.717, 1.165) is 11.2 Å². The first-order chi connectivity index (χ1) is 26.8. The van der Waals surface area contributed by atoms with Crippen LogP contribution in [0.25, 0.3) is 119 Å². The molecule has 250 valence electrons. The second-order valence-electron chi connectivity index (χ2n) is 14.3. The highest BCUT2D eigenvalue weighted by Gasteiger charge is 2.20. The summed E-state index contributed by atoms with van der Waals surface area (Å²) in [5.41, 5.74) is 9.38. The molecule has 0 amide bonds. The molecule has 2 aromatic heterocycles. The lowest BCUT2D eigenvalue weighted by atomic mass is 9.85. The fourth-order valence-corrected chi connectivity index (χ4v) is 10.3. The molecule has 0 saturated carbocycles. The Hall–Kier alpha value is -6.74. The quantitative estimate of drug-likeness (QED) is 0.167. The molecule has 10 aromatic carbocycles. The molecule has 0 atom stereocenters. The van der Waals surface area contributed by atoms with Crippen molar-refractivity contribution in [3.05, 3.63) is 182 Å². The maximum Gasteiger partial charge on any atom is 0.143 e. The van der Waals surface area contributed by atoms with Crippen molar-refractivity contribution in [3.63, 3.8) is 0 Å². The first-order valence-corrected chi connectivity index (χ1v) is 19.3. The van der Waals surface area contributed by atoms with Gasteiger partial charge in [-0.25, -0.2) is 0 Å². The number of fused-ring (bicyclic) bond motifs is 13. The molecule has 54 heavy (non-hydrogen) atoms. The van der Waals surface area contributed by atoms with Gasteiger partial charge in [0.2, 0.25) is 0 Å². The van der Waals surface area contributed by atoms with E-state index >= 15 is 0 Å². The van der Waals surface area contributed by atoms with Gasteiger partial charge in [-0.05, 0) is 83.9 Å². The van der Waals surface area contributed by atoms with Crippen LogP contribution < -0.4 is 0 Å². The molecule has 0 spiro atoms. The number of furan rings is 1. The predicted octanol–water partition coefficient (Wildman–Crippen LogP) is 15.6. The minimum absolute atomic E-state index is 0.935. The smallest absolute Gasteiger partial charge is 0.143 e. The zero-order valence-corrected chi connectivity index (χ0v) is 30.0. The van der Waals surface area contributed by atoms with E-state index in [1.54, 1.807) is 0 Å². The zero-order valence-electron chi connectivity index (χ0n) is 29.1. The van der Waals surface area contributed by atoms with Gasteiger partial charge in [0.05, 0.1) is 0 Å². The molecule has 0 N–H and O–H groups in total. The predicted molar refractivity (Wildman–Crippen MR) is 233 cm³/mol. The number of hydrogen-bond donors (Lipinski definition) is 0. The molecular weight excluding hydrogens is 673 g/mol. The van der Waals surface area contributed by atoms with Crippen LogP contribution in [-0.2, 0) is 0 Å². The van der Waals surface area contributed by atoms with Gasteiger partial charge in [-0.15, -0.1) is 11.3 Å². The number of thiophene rings is 1. The SMILES string of the molecule is c1ccc2cc(-c3c4ccccc4c(-c4ccc(-c5ccc6c(c5)sc5c7ccccc7c7oc8ccccc8c7c65)cc4)c4ccccc34)ccc2c1. The lowest BCUT2D eigenvalue weighted by molar-refractivity contribution is 0.673. The van der Waals surface area contributed by atoms with Crippen LogP contribution in [-0.4, -0.2) is 0 Å². The summed E-state index contributed by atoms with van der Waals surface area (Å²) in [7, 11) is 0. The number of hydrogen-bond acceptors (Lipinski definition) is 2. The van der Waals surface area contributed by atoms with Crippen molar-refractivity contribution < 1.29 is 4.42 Å². The number of benzene rings is 10. The Labute approximate surface area is 314 Å². The second kappa shape index (κ2) is 11.4. The lowest BCUT2D eigenvalue weighted by Gasteiger charge is -2.18. The summed E-state index contributed by atoms with van der Waals surface area (Å²) < 4.78 is 9.14. The van der Waals surface area contributed by atoms with Crippen LogP contribution >= 0.6 is 11.3 Å². The van der Waals surface area contributed by atoms with E-state index in [1.807, 2.05) is 11.3 Å². The highest BCUT2D eigenvalue weighted by atomic mass is 32.1. The topological polar surface area (TPSA) is 13.1 Å². The maximum absolute atomic E-state index is 6.54. The van der Waals surface area contributed by atoms with Crippen LogP contribution in [0, 0.1) is 0 Å². The molecule has 1 nitrogen and oxygen atoms in total. The standard InChI is InChI=1S/C52H30OS/c1-2-12-34-29-36(26-23-31(34)11-1)48-39-15-5-3-13-37(39)47(38-14-4-6-16-40(38)48)33-24-21-32(22-25-33)35-27-28-44-46(30-35)54-52-42-18-8-7-17-41(42)51-49(50(44)52)43-19-9-10-20-45(43)53-51/h1-30H. The molecule has 12 aromatic rings. The summed E-state index contributed by atoms with van der Waals surface area (Å²) in [6.07, 6.45) is 0. The van der Waals surface area contributed by atoms with Gasteiger partial charge in [-0.1, -0.05) is 164 Å². The minimum Gasteiger partial charge on any atom is -0.455 e. The largest absolute Gasteiger partial charge is 0.455 e. The van der Waals surface area contributed by atoms with Crippen molar-refractivity contribution in [2.24, 2.45) is 0 Å². The van der Waals surface area contributed by atoms with E-state index in [1.165, 1.54) is 107 Å². The van der Waals surface area contributed by atoms with Crippen LogP contribution in [0.15, 0.2) is 186 Å². The average Bonchev–Trinajstić information content (AvgIpc) is 3.82. The van der Waals surface area contributed by atoms with Crippen LogP contribution in [0.4, 0.5) is 0 Å². The minimum atomic E-state index is 0.935. The van der Waals surface area contributed by atoms with E-state index in [4.69, 9.17) is 4.42 Å². The summed E-state index contributed by atoms with van der Waals surface area (Å²) in [5, 5.41) is 15.0. The van der Waals surface area contributed by atoms with Crippen LogP contribution in [0.1, 0.15) is 0 Å². The molecule has 0 saturated heterocycles. The Morgan fingerprint density at radius 1 is 0.333 bits per heavy atom. The highest BCUT2D eigenvalue weighted by Crippen LogP contribution is 2.48. The Bertz CT molecular complexity index is 3430. The zero-order chi connectivity index (χ0) is 35.3. The third kappa shape index (κ3) is 4.26. The Morgan fingerprint density at radius 3 is 1.59 bits per heavy atom. The van der Waals surface area contributed by atoms with Gasteiger partial charge in [0.1, 0.15) is 11.2 Å².